The molecule has 7 nitrogen and oxygen atoms in total. The van der Waals surface area contributed by atoms with E-state index < -0.39 is 5.97 Å². The van der Waals surface area contributed by atoms with Gasteiger partial charge in [-0.1, -0.05) is 6.92 Å². The second-order valence-electron chi connectivity index (χ2n) is 8.65. The Morgan fingerprint density at radius 2 is 2.04 bits per heavy atom. The minimum atomic E-state index is -0.860. The molecule has 2 heterocycles. The molecule has 0 saturated heterocycles. The van der Waals surface area contributed by atoms with Crippen molar-refractivity contribution < 1.29 is 14.7 Å². The molecule has 0 radical (unpaired) electrons. The Kier molecular flexibility index (Phi) is 4.97. The molecule has 27 heavy (non-hydrogen) atoms. The van der Waals surface area contributed by atoms with E-state index in [9.17, 15) is 9.59 Å². The van der Waals surface area contributed by atoms with Gasteiger partial charge in [-0.15, -0.1) is 0 Å². The summed E-state index contributed by atoms with van der Waals surface area (Å²) in [6.07, 6.45) is 2.22. The molecule has 146 valence electrons. The number of carboxylic acids is 1. The Balaban J connectivity index is 1.99. The van der Waals surface area contributed by atoms with E-state index in [0.717, 1.165) is 35.3 Å². The minimum Gasteiger partial charge on any atom is -0.481 e. The quantitative estimate of drug-likeness (QED) is 0.811. The third-order valence-corrected chi connectivity index (χ3v) is 4.84. The maximum Gasteiger partial charge on any atom is 0.303 e. The zero-order valence-electron chi connectivity index (χ0n) is 16.7. The molecule has 2 N–H and O–H groups in total. The molecule has 1 amide bonds. The molecule has 1 unspecified atom stereocenters. The van der Waals surface area contributed by atoms with Crippen LogP contribution in [0, 0.1) is 12.8 Å². The predicted octanol–water partition coefficient (Wildman–Crippen LogP) is 3.21. The monoisotopic (exact) mass is 372 g/mol. The summed E-state index contributed by atoms with van der Waals surface area (Å²) in [5.74, 6) is -0.778. The molecule has 7 heteroatoms. The van der Waals surface area contributed by atoms with E-state index in [2.05, 4.69) is 31.2 Å². The van der Waals surface area contributed by atoms with Crippen LogP contribution in [-0.4, -0.2) is 38.3 Å². The second-order valence-corrected chi connectivity index (χ2v) is 8.65. The highest BCUT2D eigenvalue weighted by Crippen LogP contribution is 2.40. The van der Waals surface area contributed by atoms with Gasteiger partial charge in [-0.05, 0) is 52.5 Å². The maximum atomic E-state index is 12.9. The van der Waals surface area contributed by atoms with Gasteiger partial charge >= 0.3 is 5.97 Å². The predicted molar refractivity (Wildman–Crippen MR) is 103 cm³/mol. The largest absolute Gasteiger partial charge is 0.481 e. The number of hydrogen-bond donors (Lipinski definition) is 2. The van der Waals surface area contributed by atoms with Crippen LogP contribution in [0.2, 0.25) is 0 Å². The van der Waals surface area contributed by atoms with Crippen LogP contribution >= 0.6 is 0 Å². The van der Waals surface area contributed by atoms with Crippen LogP contribution in [0.4, 0.5) is 0 Å². The first-order chi connectivity index (χ1) is 12.6. The molecule has 0 spiro atoms. The average molecular weight is 372 g/mol. The highest BCUT2D eigenvalue weighted by Gasteiger charge is 2.30. The van der Waals surface area contributed by atoms with Crippen LogP contribution in [0.5, 0.6) is 0 Å². The van der Waals surface area contributed by atoms with E-state index in [1.807, 2.05) is 24.6 Å². The van der Waals surface area contributed by atoms with E-state index in [4.69, 9.17) is 10.1 Å². The fourth-order valence-corrected chi connectivity index (χ4v) is 3.28. The number of aliphatic carboxylic acids is 1. The maximum absolute atomic E-state index is 12.9. The Bertz CT molecular complexity index is 891. The summed E-state index contributed by atoms with van der Waals surface area (Å²) in [5.41, 5.74) is 2.80. The molecule has 0 aliphatic heterocycles. The van der Waals surface area contributed by atoms with Crippen molar-refractivity contribution in [2.24, 2.45) is 5.92 Å². The number of nitrogens with zero attached hydrogens (tertiary/aromatic N) is 3. The number of aryl methyl sites for hydroxylation is 1. The van der Waals surface area contributed by atoms with Crippen molar-refractivity contribution >= 4 is 22.9 Å². The summed E-state index contributed by atoms with van der Waals surface area (Å²) in [5, 5.41) is 17.2. The number of aromatic nitrogens is 3. The molecular formula is C20H28N4O3. The summed E-state index contributed by atoms with van der Waals surface area (Å²) in [4.78, 5) is 28.6. The second kappa shape index (κ2) is 6.94. The molecule has 0 bridgehead atoms. The van der Waals surface area contributed by atoms with Crippen molar-refractivity contribution in [1.29, 1.82) is 0 Å². The van der Waals surface area contributed by atoms with Gasteiger partial charge in [0.15, 0.2) is 5.65 Å². The van der Waals surface area contributed by atoms with Crippen molar-refractivity contribution in [1.82, 2.24) is 20.1 Å². The molecule has 2 aromatic heterocycles. The number of carbonyl (C=O) groups is 2. The van der Waals surface area contributed by atoms with Gasteiger partial charge in [0.2, 0.25) is 0 Å². The average Bonchev–Trinajstić information content (AvgIpc) is 3.34. The minimum absolute atomic E-state index is 0.0281. The van der Waals surface area contributed by atoms with Gasteiger partial charge < -0.3 is 10.4 Å². The summed E-state index contributed by atoms with van der Waals surface area (Å²) >= 11 is 0. The van der Waals surface area contributed by atoms with Gasteiger partial charge in [0.25, 0.3) is 5.91 Å². The first-order valence-corrected chi connectivity index (χ1v) is 9.48. The van der Waals surface area contributed by atoms with E-state index in [1.165, 1.54) is 0 Å². The van der Waals surface area contributed by atoms with Crippen molar-refractivity contribution in [3.8, 4) is 0 Å². The van der Waals surface area contributed by atoms with Gasteiger partial charge in [0.05, 0.1) is 22.2 Å². The van der Waals surface area contributed by atoms with Crippen LogP contribution in [0.1, 0.15) is 74.6 Å². The summed E-state index contributed by atoms with van der Waals surface area (Å²) in [6.45, 7) is 10.2. The molecular weight excluding hydrogens is 344 g/mol. The van der Waals surface area contributed by atoms with Crippen LogP contribution in [0.15, 0.2) is 6.07 Å². The van der Waals surface area contributed by atoms with Crippen LogP contribution < -0.4 is 5.32 Å². The normalized spacial score (nSPS) is 15.7. The van der Waals surface area contributed by atoms with E-state index in [1.54, 1.807) is 0 Å². The lowest BCUT2D eigenvalue weighted by Crippen LogP contribution is -2.29. The molecule has 1 aliphatic carbocycles. The first-order valence-electron chi connectivity index (χ1n) is 9.48. The van der Waals surface area contributed by atoms with Gasteiger partial charge in [-0.3, -0.25) is 9.59 Å². The number of nitrogens with one attached hydrogen (secondary N) is 1. The fraction of sp³-hybridized carbons (Fsp3) is 0.600. The zero-order chi connectivity index (χ0) is 19.9. The highest BCUT2D eigenvalue weighted by atomic mass is 16.4. The smallest absolute Gasteiger partial charge is 0.303 e. The van der Waals surface area contributed by atoms with E-state index in [-0.39, 0.29) is 23.8 Å². The first kappa shape index (κ1) is 19.3. The summed E-state index contributed by atoms with van der Waals surface area (Å²) in [6, 6.07) is 1.89. The van der Waals surface area contributed by atoms with Gasteiger partial charge in [-0.2, -0.15) is 5.10 Å². The lowest BCUT2D eigenvalue weighted by molar-refractivity contribution is -0.137. The van der Waals surface area contributed by atoms with Crippen LogP contribution in [-0.2, 0) is 10.3 Å². The summed E-state index contributed by atoms with van der Waals surface area (Å²) < 4.78 is 1.90. The lowest BCUT2D eigenvalue weighted by Gasteiger charge is -2.20. The Morgan fingerprint density at radius 1 is 1.37 bits per heavy atom. The van der Waals surface area contributed by atoms with Crippen molar-refractivity contribution in [2.45, 2.75) is 65.3 Å². The van der Waals surface area contributed by atoms with E-state index >= 15 is 0 Å². The molecule has 1 atom stereocenters. The van der Waals surface area contributed by atoms with Gasteiger partial charge in [0, 0.05) is 24.6 Å². The number of rotatable bonds is 6. The molecule has 1 fully saturated rings. The van der Waals surface area contributed by atoms with Gasteiger partial charge in [-0.25, -0.2) is 9.67 Å². The Morgan fingerprint density at radius 3 is 2.59 bits per heavy atom. The number of pyridine rings is 1. The highest BCUT2D eigenvalue weighted by molar-refractivity contribution is 6.06. The number of carbonyl (C=O) groups excluding carboxylic acids is 1. The standard InChI is InChI=1S/C20H28N4O3/c1-11(8-16(25)26)10-21-19(27)14-9-15(13-6-7-13)22-18-17(14)12(2)23-24(18)20(3,4)5/h9,11,13H,6-8,10H2,1-5H3,(H,21,27)(H,25,26). The Hall–Kier alpha value is -2.44. The van der Waals surface area contributed by atoms with E-state index in [0.29, 0.717) is 18.0 Å². The molecule has 1 aliphatic rings. The zero-order valence-corrected chi connectivity index (χ0v) is 16.7. The molecule has 0 aromatic carbocycles. The van der Waals surface area contributed by atoms with Gasteiger partial charge in [0.1, 0.15) is 0 Å². The third kappa shape index (κ3) is 4.12. The number of fused-ring (bicyclic) bond motifs is 1. The molecule has 1 saturated carbocycles. The van der Waals surface area contributed by atoms with Crippen molar-refractivity contribution in [3.63, 3.8) is 0 Å². The number of amides is 1. The third-order valence-electron chi connectivity index (χ3n) is 4.84. The number of hydrogen-bond acceptors (Lipinski definition) is 4. The fourth-order valence-electron chi connectivity index (χ4n) is 3.28. The van der Waals surface area contributed by atoms with Crippen LogP contribution in [0.25, 0.3) is 11.0 Å². The molecule has 2 aromatic rings. The Labute approximate surface area is 159 Å². The number of carboxylic acid groups (broad SMARTS) is 1. The molecule has 3 rings (SSSR count). The summed E-state index contributed by atoms with van der Waals surface area (Å²) in [7, 11) is 0. The lowest BCUT2D eigenvalue weighted by atomic mass is 10.0. The van der Waals surface area contributed by atoms with Crippen molar-refractivity contribution in [3.05, 3.63) is 23.0 Å². The van der Waals surface area contributed by atoms with Crippen LogP contribution in [0.3, 0.4) is 0 Å². The van der Waals surface area contributed by atoms with Crippen molar-refractivity contribution in [2.75, 3.05) is 6.54 Å². The SMILES string of the molecule is Cc1nn(C(C)(C)C)c2nc(C3CC3)cc(C(=O)NCC(C)CC(=O)O)c12. The topological polar surface area (TPSA) is 97.1 Å².